The molecule has 156 valence electrons. The Hall–Kier alpha value is -2.51. The third-order valence-corrected chi connectivity index (χ3v) is 6.56. The van der Waals surface area contributed by atoms with E-state index >= 15 is 0 Å². The van der Waals surface area contributed by atoms with Gasteiger partial charge in [0.25, 0.3) is 0 Å². The molecular formula is C23H26N4O2S. The Morgan fingerprint density at radius 3 is 2.50 bits per heavy atom. The van der Waals surface area contributed by atoms with E-state index < -0.39 is 0 Å². The SMILES string of the molecule is c1ccc(-n2c(CN3CCCCC3)nnc2SC[C@@H]2COc3ccccc3O2)cc1. The molecule has 3 aromatic rings. The minimum atomic E-state index is -0.0173. The van der Waals surface area contributed by atoms with E-state index in [4.69, 9.17) is 9.47 Å². The Bertz CT molecular complexity index is 972. The number of ether oxygens (including phenoxy) is 2. The fourth-order valence-electron chi connectivity index (χ4n) is 3.96. The quantitative estimate of drug-likeness (QED) is 0.556. The van der Waals surface area contributed by atoms with Crippen LogP contribution >= 0.6 is 11.8 Å². The first kappa shape index (κ1) is 19.5. The summed E-state index contributed by atoms with van der Waals surface area (Å²) in [7, 11) is 0. The van der Waals surface area contributed by atoms with Gasteiger partial charge in [-0.3, -0.25) is 9.47 Å². The van der Waals surface area contributed by atoms with Crippen LogP contribution in [0.1, 0.15) is 25.1 Å². The van der Waals surface area contributed by atoms with Crippen molar-refractivity contribution in [1.82, 2.24) is 19.7 Å². The summed E-state index contributed by atoms with van der Waals surface area (Å²) in [5.74, 6) is 3.37. The number of fused-ring (bicyclic) bond motifs is 1. The topological polar surface area (TPSA) is 52.4 Å². The largest absolute Gasteiger partial charge is 0.486 e. The first-order valence-corrected chi connectivity index (χ1v) is 11.6. The molecule has 0 saturated carbocycles. The van der Waals surface area contributed by atoms with Gasteiger partial charge in [0.15, 0.2) is 22.5 Å². The first-order valence-electron chi connectivity index (χ1n) is 10.6. The van der Waals surface area contributed by atoms with Gasteiger partial charge in [0, 0.05) is 11.4 Å². The normalized spacial score (nSPS) is 19.0. The van der Waals surface area contributed by atoms with E-state index in [0.29, 0.717) is 6.61 Å². The molecule has 2 aliphatic heterocycles. The van der Waals surface area contributed by atoms with Crippen molar-refractivity contribution in [1.29, 1.82) is 0 Å². The van der Waals surface area contributed by atoms with Gasteiger partial charge in [-0.15, -0.1) is 10.2 Å². The molecule has 2 aliphatic rings. The van der Waals surface area contributed by atoms with Crippen LogP contribution in [-0.4, -0.2) is 51.2 Å². The molecular weight excluding hydrogens is 396 g/mol. The summed E-state index contributed by atoms with van der Waals surface area (Å²) in [6.07, 6.45) is 3.84. The molecule has 6 nitrogen and oxygen atoms in total. The molecule has 1 atom stereocenters. The van der Waals surface area contributed by atoms with Gasteiger partial charge in [0.2, 0.25) is 0 Å². The van der Waals surface area contributed by atoms with Crippen LogP contribution in [0.4, 0.5) is 0 Å². The zero-order valence-electron chi connectivity index (χ0n) is 16.9. The average Bonchev–Trinajstić information content (AvgIpc) is 3.21. The molecule has 1 saturated heterocycles. The van der Waals surface area contributed by atoms with Crippen molar-refractivity contribution in [2.24, 2.45) is 0 Å². The number of thioether (sulfide) groups is 1. The molecule has 1 aromatic heterocycles. The second-order valence-corrected chi connectivity index (χ2v) is 8.70. The maximum absolute atomic E-state index is 6.12. The highest BCUT2D eigenvalue weighted by Gasteiger charge is 2.23. The van der Waals surface area contributed by atoms with Crippen molar-refractivity contribution < 1.29 is 9.47 Å². The van der Waals surface area contributed by atoms with Gasteiger partial charge < -0.3 is 9.47 Å². The highest BCUT2D eigenvalue weighted by Crippen LogP contribution is 2.33. The first-order chi connectivity index (χ1) is 14.9. The molecule has 0 aliphatic carbocycles. The van der Waals surface area contributed by atoms with Crippen LogP contribution in [-0.2, 0) is 6.54 Å². The molecule has 0 spiro atoms. The third kappa shape index (κ3) is 4.32. The summed E-state index contributed by atoms with van der Waals surface area (Å²) in [6, 6.07) is 18.2. The number of aromatic nitrogens is 3. The number of rotatable bonds is 6. The lowest BCUT2D eigenvalue weighted by Crippen LogP contribution is -2.31. The Kier molecular flexibility index (Phi) is 5.90. The molecule has 1 fully saturated rings. The van der Waals surface area contributed by atoms with Crippen LogP contribution in [0.5, 0.6) is 11.5 Å². The Morgan fingerprint density at radius 1 is 0.900 bits per heavy atom. The predicted octanol–water partition coefficient (Wildman–Crippen LogP) is 4.19. The van der Waals surface area contributed by atoms with E-state index in [1.807, 2.05) is 30.3 Å². The molecule has 0 amide bonds. The number of para-hydroxylation sites is 3. The van der Waals surface area contributed by atoms with Crippen LogP contribution in [0.15, 0.2) is 59.8 Å². The molecule has 5 rings (SSSR count). The summed E-state index contributed by atoms with van der Waals surface area (Å²) in [6.45, 7) is 3.65. The van der Waals surface area contributed by atoms with Gasteiger partial charge in [-0.2, -0.15) is 0 Å². The van der Waals surface area contributed by atoms with Crippen molar-refractivity contribution >= 4 is 11.8 Å². The molecule has 0 unspecified atom stereocenters. The Morgan fingerprint density at radius 2 is 1.67 bits per heavy atom. The van der Waals surface area contributed by atoms with Crippen molar-refractivity contribution in [3.05, 3.63) is 60.4 Å². The molecule has 3 heterocycles. The summed E-state index contributed by atoms with van der Waals surface area (Å²) in [5.41, 5.74) is 1.10. The van der Waals surface area contributed by atoms with Gasteiger partial charge in [-0.05, 0) is 50.2 Å². The van der Waals surface area contributed by atoms with E-state index in [1.54, 1.807) is 11.8 Å². The number of benzene rings is 2. The molecule has 0 radical (unpaired) electrons. The van der Waals surface area contributed by atoms with E-state index in [2.05, 4.69) is 43.9 Å². The molecule has 7 heteroatoms. The Labute approximate surface area is 181 Å². The second-order valence-electron chi connectivity index (χ2n) is 7.72. The van der Waals surface area contributed by atoms with E-state index in [1.165, 1.54) is 19.3 Å². The zero-order valence-corrected chi connectivity index (χ0v) is 17.8. The number of likely N-dealkylation sites (tertiary alicyclic amines) is 1. The zero-order chi connectivity index (χ0) is 20.2. The molecule has 2 aromatic carbocycles. The Balaban J connectivity index is 1.33. The van der Waals surface area contributed by atoms with Crippen molar-refractivity contribution in [2.75, 3.05) is 25.4 Å². The fraction of sp³-hybridized carbons (Fsp3) is 0.391. The number of piperidine rings is 1. The van der Waals surface area contributed by atoms with Gasteiger partial charge in [-0.25, -0.2) is 0 Å². The smallest absolute Gasteiger partial charge is 0.196 e. The molecule has 0 bridgehead atoms. The van der Waals surface area contributed by atoms with Crippen molar-refractivity contribution in [2.45, 2.75) is 37.1 Å². The summed E-state index contributed by atoms with van der Waals surface area (Å²) < 4.78 is 14.2. The lowest BCUT2D eigenvalue weighted by molar-refractivity contribution is 0.107. The van der Waals surface area contributed by atoms with Gasteiger partial charge in [0.05, 0.1) is 6.54 Å². The lowest BCUT2D eigenvalue weighted by Gasteiger charge is -2.26. The third-order valence-electron chi connectivity index (χ3n) is 5.49. The van der Waals surface area contributed by atoms with Crippen LogP contribution < -0.4 is 9.47 Å². The van der Waals surface area contributed by atoms with Crippen LogP contribution in [0, 0.1) is 0 Å². The standard InChI is InChI=1S/C23H26N4O2S/c1-3-9-18(10-4-1)27-22(15-26-13-7-2-8-14-26)24-25-23(27)30-17-19-16-28-20-11-5-6-12-21(20)29-19/h1,3-6,9-12,19H,2,7-8,13-17H2/t19-/m0/s1. The monoisotopic (exact) mass is 422 g/mol. The van der Waals surface area contributed by atoms with Crippen LogP contribution in [0.3, 0.4) is 0 Å². The molecule has 0 N–H and O–H groups in total. The van der Waals surface area contributed by atoms with E-state index in [-0.39, 0.29) is 6.10 Å². The highest BCUT2D eigenvalue weighted by atomic mass is 32.2. The predicted molar refractivity (Wildman–Crippen MR) is 118 cm³/mol. The van der Waals surface area contributed by atoms with Crippen molar-refractivity contribution in [3.8, 4) is 17.2 Å². The highest BCUT2D eigenvalue weighted by molar-refractivity contribution is 7.99. The van der Waals surface area contributed by atoms with E-state index in [9.17, 15) is 0 Å². The maximum Gasteiger partial charge on any atom is 0.196 e. The minimum Gasteiger partial charge on any atom is -0.486 e. The van der Waals surface area contributed by atoms with Gasteiger partial charge in [-0.1, -0.05) is 48.5 Å². The number of hydrogen-bond donors (Lipinski definition) is 0. The van der Waals surface area contributed by atoms with Crippen LogP contribution in [0.25, 0.3) is 5.69 Å². The minimum absolute atomic E-state index is 0.0173. The summed E-state index contributed by atoms with van der Waals surface area (Å²) >= 11 is 1.67. The molecule has 30 heavy (non-hydrogen) atoms. The number of hydrogen-bond acceptors (Lipinski definition) is 6. The summed E-state index contributed by atoms with van der Waals surface area (Å²) in [5, 5.41) is 10.0. The summed E-state index contributed by atoms with van der Waals surface area (Å²) in [4.78, 5) is 2.48. The number of nitrogens with zero attached hydrogens (tertiary/aromatic N) is 4. The average molecular weight is 423 g/mol. The lowest BCUT2D eigenvalue weighted by atomic mass is 10.1. The van der Waals surface area contributed by atoms with Crippen molar-refractivity contribution in [3.63, 3.8) is 0 Å². The van der Waals surface area contributed by atoms with Gasteiger partial charge >= 0.3 is 0 Å². The van der Waals surface area contributed by atoms with E-state index in [0.717, 1.165) is 53.6 Å². The fourth-order valence-corrected chi connectivity index (χ4v) is 4.90. The second kappa shape index (κ2) is 9.10. The van der Waals surface area contributed by atoms with Gasteiger partial charge in [0.1, 0.15) is 12.7 Å². The maximum atomic E-state index is 6.12. The van der Waals surface area contributed by atoms with Crippen LogP contribution in [0.2, 0.25) is 0 Å².